The number of hydrazone groups is 1. The molecule has 0 aliphatic rings. The Labute approximate surface area is 153 Å². The van der Waals surface area contributed by atoms with E-state index in [1.165, 1.54) is 0 Å². The van der Waals surface area contributed by atoms with Crippen LogP contribution < -0.4 is 10.2 Å². The number of carbonyl (C=O) groups is 1. The van der Waals surface area contributed by atoms with E-state index in [9.17, 15) is 4.79 Å². The molecule has 0 unspecified atom stereocenters. The van der Waals surface area contributed by atoms with Crippen LogP contribution in [0.1, 0.15) is 27.0 Å². The summed E-state index contributed by atoms with van der Waals surface area (Å²) in [6.07, 6.45) is 1.59. The fraction of sp³-hybridized carbons (Fsp3) is 0.0909. The smallest absolute Gasteiger partial charge is 0.271 e. The number of aryl methyl sites for hydroxylation is 1. The van der Waals surface area contributed by atoms with Gasteiger partial charge in [0.2, 0.25) is 0 Å². The molecule has 130 valence electrons. The number of carbonyl (C=O) groups excluding carboxylic acids is 1. The van der Waals surface area contributed by atoms with Gasteiger partial charge in [0.15, 0.2) is 0 Å². The topological polar surface area (TPSA) is 50.7 Å². The molecule has 0 radical (unpaired) electrons. The lowest BCUT2D eigenvalue weighted by molar-refractivity contribution is 0.0954. The van der Waals surface area contributed by atoms with E-state index < -0.39 is 0 Å². The van der Waals surface area contributed by atoms with Crippen LogP contribution in [0.5, 0.6) is 5.75 Å². The highest BCUT2D eigenvalue weighted by molar-refractivity contribution is 5.96. The van der Waals surface area contributed by atoms with Gasteiger partial charge in [-0.2, -0.15) is 5.10 Å². The third kappa shape index (κ3) is 4.57. The van der Waals surface area contributed by atoms with Gasteiger partial charge in [-0.3, -0.25) is 4.79 Å². The summed E-state index contributed by atoms with van der Waals surface area (Å²) < 4.78 is 5.88. The predicted octanol–water partition coefficient (Wildman–Crippen LogP) is 4.34. The van der Waals surface area contributed by atoms with Crippen molar-refractivity contribution in [2.75, 3.05) is 0 Å². The van der Waals surface area contributed by atoms with Gasteiger partial charge in [0.25, 0.3) is 5.91 Å². The summed E-state index contributed by atoms with van der Waals surface area (Å²) in [5.74, 6) is 0.479. The summed E-state index contributed by atoms with van der Waals surface area (Å²) in [6.45, 7) is 2.37. The van der Waals surface area contributed by atoms with Crippen LogP contribution in [-0.2, 0) is 6.61 Å². The van der Waals surface area contributed by atoms with Gasteiger partial charge >= 0.3 is 0 Å². The van der Waals surface area contributed by atoms with Gasteiger partial charge in [-0.25, -0.2) is 5.43 Å². The Morgan fingerprint density at radius 3 is 2.46 bits per heavy atom. The molecule has 0 aliphatic carbocycles. The Balaban J connectivity index is 1.65. The van der Waals surface area contributed by atoms with E-state index in [2.05, 4.69) is 10.5 Å². The number of hydrogen-bond acceptors (Lipinski definition) is 3. The number of benzene rings is 3. The van der Waals surface area contributed by atoms with Gasteiger partial charge in [0.05, 0.1) is 6.21 Å². The minimum absolute atomic E-state index is 0.234. The van der Waals surface area contributed by atoms with E-state index >= 15 is 0 Å². The molecule has 0 atom stereocenters. The van der Waals surface area contributed by atoms with Crippen molar-refractivity contribution in [1.29, 1.82) is 0 Å². The summed E-state index contributed by atoms with van der Waals surface area (Å²) in [7, 11) is 0. The molecular weight excluding hydrogens is 324 g/mol. The van der Waals surface area contributed by atoms with Crippen molar-refractivity contribution in [2.45, 2.75) is 13.5 Å². The summed E-state index contributed by atoms with van der Waals surface area (Å²) in [4.78, 5) is 12.2. The normalized spacial score (nSPS) is 10.7. The number of hydrogen-bond donors (Lipinski definition) is 1. The molecule has 0 saturated heterocycles. The van der Waals surface area contributed by atoms with Crippen molar-refractivity contribution in [1.82, 2.24) is 5.43 Å². The van der Waals surface area contributed by atoms with Crippen molar-refractivity contribution in [3.63, 3.8) is 0 Å². The van der Waals surface area contributed by atoms with Crippen LogP contribution >= 0.6 is 0 Å². The second-order valence-corrected chi connectivity index (χ2v) is 5.83. The number of para-hydroxylation sites is 1. The fourth-order valence-electron chi connectivity index (χ4n) is 2.50. The largest absolute Gasteiger partial charge is 0.488 e. The van der Waals surface area contributed by atoms with Gasteiger partial charge in [0, 0.05) is 11.1 Å². The molecule has 0 fully saturated rings. The van der Waals surface area contributed by atoms with Crippen molar-refractivity contribution < 1.29 is 9.53 Å². The quantitative estimate of drug-likeness (QED) is 0.534. The molecule has 0 spiro atoms. The number of rotatable bonds is 6. The third-order valence-corrected chi connectivity index (χ3v) is 3.92. The van der Waals surface area contributed by atoms with Crippen LogP contribution in [0.15, 0.2) is 84.0 Å². The SMILES string of the molecule is Cc1ccccc1C(=O)N/N=C\c1ccccc1OCc1ccccc1. The zero-order valence-electron chi connectivity index (χ0n) is 14.6. The van der Waals surface area contributed by atoms with Crippen LogP contribution in [0.2, 0.25) is 0 Å². The summed E-state index contributed by atoms with van der Waals surface area (Å²) >= 11 is 0. The van der Waals surface area contributed by atoms with E-state index in [-0.39, 0.29) is 5.91 Å². The lowest BCUT2D eigenvalue weighted by atomic mass is 10.1. The molecule has 0 heterocycles. The number of ether oxygens (including phenoxy) is 1. The first-order valence-electron chi connectivity index (χ1n) is 8.39. The maximum absolute atomic E-state index is 12.2. The monoisotopic (exact) mass is 344 g/mol. The summed E-state index contributed by atoms with van der Waals surface area (Å²) in [5.41, 5.74) is 5.97. The zero-order valence-corrected chi connectivity index (χ0v) is 14.6. The van der Waals surface area contributed by atoms with Gasteiger partial charge in [-0.15, -0.1) is 0 Å². The van der Waals surface area contributed by atoms with E-state index in [4.69, 9.17) is 4.74 Å². The van der Waals surface area contributed by atoms with Crippen LogP contribution in [0, 0.1) is 6.92 Å². The lowest BCUT2D eigenvalue weighted by Crippen LogP contribution is -2.18. The summed E-state index contributed by atoms with van der Waals surface area (Å²) in [5, 5.41) is 4.07. The molecule has 0 aromatic heterocycles. The minimum atomic E-state index is -0.234. The van der Waals surface area contributed by atoms with E-state index in [1.54, 1.807) is 12.3 Å². The highest BCUT2D eigenvalue weighted by Crippen LogP contribution is 2.17. The van der Waals surface area contributed by atoms with Crippen LogP contribution in [0.4, 0.5) is 0 Å². The Kier molecular flexibility index (Phi) is 5.78. The Morgan fingerprint density at radius 1 is 0.962 bits per heavy atom. The molecule has 26 heavy (non-hydrogen) atoms. The number of nitrogens with zero attached hydrogens (tertiary/aromatic N) is 1. The molecule has 1 N–H and O–H groups in total. The van der Waals surface area contributed by atoms with Crippen molar-refractivity contribution in [3.8, 4) is 5.75 Å². The molecule has 0 aliphatic heterocycles. The molecule has 1 amide bonds. The first kappa shape index (κ1) is 17.4. The number of amides is 1. The van der Waals surface area contributed by atoms with Crippen molar-refractivity contribution >= 4 is 12.1 Å². The molecule has 3 rings (SSSR count). The second-order valence-electron chi connectivity index (χ2n) is 5.83. The first-order chi connectivity index (χ1) is 12.7. The Hall–Kier alpha value is -3.40. The number of nitrogens with one attached hydrogen (secondary N) is 1. The maximum Gasteiger partial charge on any atom is 0.271 e. The Bertz CT molecular complexity index is 905. The predicted molar refractivity (Wildman–Crippen MR) is 103 cm³/mol. The molecule has 3 aromatic carbocycles. The van der Waals surface area contributed by atoms with Crippen LogP contribution in [0.25, 0.3) is 0 Å². The van der Waals surface area contributed by atoms with Gasteiger partial charge in [-0.05, 0) is 36.2 Å². The molecule has 0 saturated carbocycles. The van der Waals surface area contributed by atoms with Crippen LogP contribution in [-0.4, -0.2) is 12.1 Å². The van der Waals surface area contributed by atoms with Gasteiger partial charge in [0.1, 0.15) is 12.4 Å². The Morgan fingerprint density at radius 2 is 1.65 bits per heavy atom. The second kappa shape index (κ2) is 8.62. The fourth-order valence-corrected chi connectivity index (χ4v) is 2.50. The molecule has 4 heteroatoms. The average Bonchev–Trinajstić information content (AvgIpc) is 2.68. The first-order valence-corrected chi connectivity index (χ1v) is 8.39. The molecule has 0 bridgehead atoms. The van der Waals surface area contributed by atoms with Crippen LogP contribution in [0.3, 0.4) is 0 Å². The minimum Gasteiger partial charge on any atom is -0.488 e. The van der Waals surface area contributed by atoms with Gasteiger partial charge < -0.3 is 4.74 Å². The molecule has 3 aromatic rings. The third-order valence-electron chi connectivity index (χ3n) is 3.92. The standard InChI is InChI=1S/C22H20N2O2/c1-17-9-5-7-13-20(17)22(25)24-23-15-19-12-6-8-14-21(19)26-16-18-10-3-2-4-11-18/h2-15H,16H2,1H3,(H,24,25)/b23-15-. The van der Waals surface area contributed by atoms with Crippen molar-refractivity contribution in [2.24, 2.45) is 5.10 Å². The zero-order chi connectivity index (χ0) is 18.2. The van der Waals surface area contributed by atoms with E-state index in [1.807, 2.05) is 79.7 Å². The maximum atomic E-state index is 12.2. The molecular formula is C22H20N2O2. The van der Waals surface area contributed by atoms with Crippen molar-refractivity contribution in [3.05, 3.63) is 101 Å². The van der Waals surface area contributed by atoms with E-state index in [0.29, 0.717) is 17.9 Å². The van der Waals surface area contributed by atoms with Gasteiger partial charge in [-0.1, -0.05) is 60.7 Å². The lowest BCUT2D eigenvalue weighted by Gasteiger charge is -2.09. The molecule has 4 nitrogen and oxygen atoms in total. The highest BCUT2D eigenvalue weighted by atomic mass is 16.5. The van der Waals surface area contributed by atoms with E-state index in [0.717, 1.165) is 16.7 Å². The average molecular weight is 344 g/mol. The highest BCUT2D eigenvalue weighted by Gasteiger charge is 2.06. The summed E-state index contributed by atoms with van der Waals surface area (Å²) in [6, 6.07) is 24.9.